The second kappa shape index (κ2) is 11.0. The number of hydrogen-bond acceptors (Lipinski definition) is 6. The molecule has 1 aromatic rings. The summed E-state index contributed by atoms with van der Waals surface area (Å²) in [7, 11) is 0. The molecule has 2 rings (SSSR count). The van der Waals surface area contributed by atoms with E-state index in [-0.39, 0.29) is 29.8 Å². The fourth-order valence-corrected chi connectivity index (χ4v) is 3.69. The molecule has 0 heterocycles. The van der Waals surface area contributed by atoms with Crippen molar-refractivity contribution in [3.63, 3.8) is 0 Å². The monoisotopic (exact) mass is 394 g/mol. The van der Waals surface area contributed by atoms with Gasteiger partial charge in [0.2, 0.25) is 5.91 Å². The molecule has 0 aromatic heterocycles. The van der Waals surface area contributed by atoms with E-state index in [1.165, 1.54) is 31.5 Å². The molecule has 0 aliphatic heterocycles. The third-order valence-electron chi connectivity index (χ3n) is 5.13. The minimum atomic E-state index is -0.979. The number of ether oxygens (including phenoxy) is 1. The minimum absolute atomic E-state index is 0.0259. The lowest BCUT2D eigenvalue weighted by Crippen LogP contribution is -2.43. The third-order valence-corrected chi connectivity index (χ3v) is 5.13. The average Bonchev–Trinajstić information content (AvgIpc) is 2.69. The molecule has 0 bridgehead atoms. The van der Waals surface area contributed by atoms with Gasteiger partial charge in [0, 0.05) is 25.1 Å². The fraction of sp³-hybridized carbons (Fsp3) is 0.650. The predicted octanol–water partition coefficient (Wildman–Crippen LogP) is 2.96. The first-order valence-electron chi connectivity index (χ1n) is 9.93. The number of aliphatic hydroxyl groups excluding tert-OH is 2. The third kappa shape index (κ3) is 6.17. The lowest BCUT2D eigenvalue weighted by Gasteiger charge is -2.34. The SMILES string of the molecule is CC(O)c1cc(OCCCC(=O)N(CCO)C2CCCCC2)ccc1[N+](=O)[O-]. The molecule has 1 aliphatic carbocycles. The number of benzene rings is 1. The van der Waals surface area contributed by atoms with Gasteiger partial charge in [0.25, 0.3) is 5.69 Å². The van der Waals surface area contributed by atoms with Crippen molar-refractivity contribution in [1.29, 1.82) is 0 Å². The lowest BCUT2D eigenvalue weighted by atomic mass is 9.94. The number of carbonyl (C=O) groups excluding carboxylic acids is 1. The van der Waals surface area contributed by atoms with Gasteiger partial charge in [0.1, 0.15) is 5.75 Å². The molecule has 1 aromatic carbocycles. The quantitative estimate of drug-likeness (QED) is 0.358. The Balaban J connectivity index is 1.86. The summed E-state index contributed by atoms with van der Waals surface area (Å²) in [5.74, 6) is 0.450. The van der Waals surface area contributed by atoms with Crippen LogP contribution in [-0.4, -0.2) is 51.7 Å². The van der Waals surface area contributed by atoms with Gasteiger partial charge >= 0.3 is 0 Å². The maximum absolute atomic E-state index is 12.6. The molecule has 156 valence electrons. The number of aliphatic hydroxyl groups is 2. The highest BCUT2D eigenvalue weighted by atomic mass is 16.6. The van der Waals surface area contributed by atoms with Crippen molar-refractivity contribution in [2.75, 3.05) is 19.8 Å². The molecule has 8 nitrogen and oxygen atoms in total. The highest BCUT2D eigenvalue weighted by Gasteiger charge is 2.24. The van der Waals surface area contributed by atoms with Gasteiger partial charge in [-0.25, -0.2) is 0 Å². The van der Waals surface area contributed by atoms with Crippen LogP contribution in [0.25, 0.3) is 0 Å². The number of rotatable bonds is 10. The minimum Gasteiger partial charge on any atom is -0.494 e. The van der Waals surface area contributed by atoms with E-state index in [4.69, 9.17) is 4.74 Å². The van der Waals surface area contributed by atoms with Crippen LogP contribution in [0.2, 0.25) is 0 Å². The van der Waals surface area contributed by atoms with Gasteiger partial charge in [-0.1, -0.05) is 19.3 Å². The first kappa shape index (κ1) is 22.1. The van der Waals surface area contributed by atoms with E-state index in [9.17, 15) is 25.1 Å². The zero-order valence-electron chi connectivity index (χ0n) is 16.4. The highest BCUT2D eigenvalue weighted by molar-refractivity contribution is 5.76. The maximum atomic E-state index is 12.6. The number of amides is 1. The Morgan fingerprint density at radius 3 is 2.68 bits per heavy atom. The fourth-order valence-electron chi connectivity index (χ4n) is 3.69. The summed E-state index contributed by atoms with van der Waals surface area (Å²) >= 11 is 0. The summed E-state index contributed by atoms with van der Waals surface area (Å²) in [6.45, 7) is 2.08. The summed E-state index contributed by atoms with van der Waals surface area (Å²) in [6, 6.07) is 4.49. The largest absolute Gasteiger partial charge is 0.494 e. The van der Waals surface area contributed by atoms with Crippen LogP contribution in [-0.2, 0) is 4.79 Å². The Morgan fingerprint density at radius 1 is 1.36 bits per heavy atom. The zero-order valence-corrected chi connectivity index (χ0v) is 16.4. The molecule has 2 N–H and O–H groups in total. The van der Waals surface area contributed by atoms with Gasteiger partial charge in [0.15, 0.2) is 0 Å². The van der Waals surface area contributed by atoms with E-state index in [1.807, 2.05) is 0 Å². The summed E-state index contributed by atoms with van der Waals surface area (Å²) < 4.78 is 5.61. The summed E-state index contributed by atoms with van der Waals surface area (Å²) in [5.41, 5.74) is 0.0506. The van der Waals surface area contributed by atoms with Crippen molar-refractivity contribution in [2.45, 2.75) is 64.0 Å². The maximum Gasteiger partial charge on any atom is 0.275 e. The molecular weight excluding hydrogens is 364 g/mol. The number of carbonyl (C=O) groups is 1. The van der Waals surface area contributed by atoms with Crippen LogP contribution in [0.5, 0.6) is 5.75 Å². The molecule has 1 aliphatic rings. The van der Waals surface area contributed by atoms with Gasteiger partial charge in [-0.15, -0.1) is 0 Å². The number of nitro groups is 1. The first-order valence-corrected chi connectivity index (χ1v) is 9.93. The Kier molecular flexibility index (Phi) is 8.66. The van der Waals surface area contributed by atoms with E-state index in [1.54, 1.807) is 4.90 Å². The molecule has 1 unspecified atom stereocenters. The van der Waals surface area contributed by atoms with E-state index in [0.29, 0.717) is 31.7 Å². The van der Waals surface area contributed by atoms with Crippen molar-refractivity contribution < 1.29 is 24.7 Å². The summed E-state index contributed by atoms with van der Waals surface area (Å²) in [5, 5.41) is 30.0. The zero-order chi connectivity index (χ0) is 20.5. The number of nitro benzene ring substituents is 1. The number of nitrogens with zero attached hydrogens (tertiary/aromatic N) is 2. The van der Waals surface area contributed by atoms with Crippen molar-refractivity contribution in [1.82, 2.24) is 4.90 Å². The smallest absolute Gasteiger partial charge is 0.275 e. The molecule has 28 heavy (non-hydrogen) atoms. The Labute approximate surface area is 165 Å². The standard InChI is InChI=1S/C20H30N2O6/c1-15(24)18-14-17(9-10-19(18)22(26)27)28-13-5-8-20(25)21(11-12-23)16-6-3-2-4-7-16/h9-10,14-16,23-24H,2-8,11-13H2,1H3. The van der Waals surface area contributed by atoms with Crippen LogP contribution < -0.4 is 4.74 Å². The van der Waals surface area contributed by atoms with Gasteiger partial charge in [0.05, 0.1) is 29.8 Å². The van der Waals surface area contributed by atoms with Crippen LogP contribution in [0.3, 0.4) is 0 Å². The second-order valence-corrected chi connectivity index (χ2v) is 7.21. The van der Waals surface area contributed by atoms with Crippen LogP contribution in [0, 0.1) is 10.1 Å². The molecule has 1 amide bonds. The van der Waals surface area contributed by atoms with Gasteiger partial charge in [-0.2, -0.15) is 0 Å². The van der Waals surface area contributed by atoms with Gasteiger partial charge in [-0.3, -0.25) is 14.9 Å². The second-order valence-electron chi connectivity index (χ2n) is 7.21. The summed E-state index contributed by atoms with van der Waals surface area (Å²) in [6.07, 6.45) is 5.29. The summed E-state index contributed by atoms with van der Waals surface area (Å²) in [4.78, 5) is 24.8. The first-order chi connectivity index (χ1) is 13.4. The molecule has 0 radical (unpaired) electrons. The van der Waals surface area contributed by atoms with E-state index in [2.05, 4.69) is 0 Å². The van der Waals surface area contributed by atoms with Crippen LogP contribution in [0.4, 0.5) is 5.69 Å². The van der Waals surface area contributed by atoms with Crippen LogP contribution >= 0.6 is 0 Å². The number of hydrogen-bond donors (Lipinski definition) is 2. The van der Waals surface area contributed by atoms with Crippen LogP contribution in [0.15, 0.2) is 18.2 Å². The topological polar surface area (TPSA) is 113 Å². The van der Waals surface area contributed by atoms with Gasteiger partial charge in [-0.05, 0) is 38.3 Å². The predicted molar refractivity (Wildman–Crippen MR) is 104 cm³/mol. The van der Waals surface area contributed by atoms with Crippen molar-refractivity contribution >= 4 is 11.6 Å². The van der Waals surface area contributed by atoms with Crippen LogP contribution in [0.1, 0.15) is 63.5 Å². The lowest BCUT2D eigenvalue weighted by molar-refractivity contribution is -0.386. The van der Waals surface area contributed by atoms with Crippen molar-refractivity contribution in [3.8, 4) is 5.75 Å². The Bertz CT molecular complexity index is 658. The van der Waals surface area contributed by atoms with E-state index >= 15 is 0 Å². The highest BCUT2D eigenvalue weighted by Crippen LogP contribution is 2.29. The molecule has 0 saturated heterocycles. The van der Waals surface area contributed by atoms with E-state index < -0.39 is 11.0 Å². The molecule has 1 fully saturated rings. The Morgan fingerprint density at radius 2 is 2.07 bits per heavy atom. The molecular formula is C20H30N2O6. The molecule has 1 saturated carbocycles. The van der Waals surface area contributed by atoms with E-state index in [0.717, 1.165) is 25.7 Å². The molecule has 8 heteroatoms. The average molecular weight is 394 g/mol. The molecule has 0 spiro atoms. The molecule has 1 atom stereocenters. The van der Waals surface area contributed by atoms with Crippen molar-refractivity contribution in [3.05, 3.63) is 33.9 Å². The van der Waals surface area contributed by atoms with Gasteiger partial charge < -0.3 is 19.8 Å². The Hall–Kier alpha value is -2.19. The van der Waals surface area contributed by atoms with Crippen molar-refractivity contribution in [2.24, 2.45) is 0 Å². The normalized spacial score (nSPS) is 15.8.